The van der Waals surface area contributed by atoms with Crippen LogP contribution >= 0.6 is 0 Å². The number of carbonyl (C=O) groups is 2. The van der Waals surface area contributed by atoms with E-state index < -0.39 is 0 Å². The molecule has 0 atom stereocenters. The smallest absolute Gasteiger partial charge is 0.209 e. The van der Waals surface area contributed by atoms with Crippen LogP contribution in [0.3, 0.4) is 0 Å². The summed E-state index contributed by atoms with van der Waals surface area (Å²) in [5.41, 5.74) is 3.91. The summed E-state index contributed by atoms with van der Waals surface area (Å²) < 4.78 is 17.7. The lowest BCUT2D eigenvalue weighted by molar-refractivity contribution is 0.0921. The molecular formula is C26H28N2O5. The third-order valence-corrected chi connectivity index (χ3v) is 6.08. The number of aromatic nitrogens is 1. The van der Waals surface area contributed by atoms with E-state index in [1.165, 1.54) is 5.56 Å². The summed E-state index contributed by atoms with van der Waals surface area (Å²) >= 11 is 0. The second-order valence-corrected chi connectivity index (χ2v) is 8.14. The minimum Gasteiger partial charge on any atom is -0.497 e. The number of benzene rings is 2. The molecule has 7 heteroatoms. The van der Waals surface area contributed by atoms with E-state index >= 15 is 0 Å². The van der Waals surface area contributed by atoms with Gasteiger partial charge >= 0.3 is 0 Å². The molecule has 0 radical (unpaired) electrons. The standard InChI is InChI=1S/C26H28N2O5/c1-27-14-20(11-22(27)26(30)17-5-7-21(31-2)8-6-17)23(29)16-28-10-9-18-12-24(32-3)25(33-4)13-19(18)15-28/h5-8,11-14H,9-10,15-16H2,1-4H3. The quantitative estimate of drug-likeness (QED) is 0.491. The van der Waals surface area contributed by atoms with Gasteiger partial charge in [0.2, 0.25) is 5.78 Å². The number of Topliss-reactive ketones (excluding diaryl/α,β-unsaturated/α-hetero) is 1. The number of ketones is 2. The van der Waals surface area contributed by atoms with Crippen molar-refractivity contribution in [1.29, 1.82) is 0 Å². The van der Waals surface area contributed by atoms with Gasteiger partial charge in [-0.25, -0.2) is 0 Å². The molecule has 0 aliphatic carbocycles. The predicted octanol–water partition coefficient (Wildman–Crippen LogP) is 3.52. The van der Waals surface area contributed by atoms with Crippen LogP contribution in [0.2, 0.25) is 0 Å². The Morgan fingerprint density at radius 2 is 1.55 bits per heavy atom. The van der Waals surface area contributed by atoms with Gasteiger partial charge in [0.25, 0.3) is 0 Å². The number of hydrogen-bond donors (Lipinski definition) is 0. The number of hydrogen-bond acceptors (Lipinski definition) is 6. The fourth-order valence-corrected chi connectivity index (χ4v) is 4.20. The van der Waals surface area contributed by atoms with Crippen LogP contribution in [0.25, 0.3) is 0 Å². The van der Waals surface area contributed by atoms with E-state index in [1.807, 2.05) is 12.1 Å². The van der Waals surface area contributed by atoms with Gasteiger partial charge < -0.3 is 18.8 Å². The molecule has 4 rings (SSSR count). The topological polar surface area (TPSA) is 70.0 Å². The van der Waals surface area contributed by atoms with E-state index in [0.29, 0.717) is 34.9 Å². The van der Waals surface area contributed by atoms with Crippen LogP contribution in [0.1, 0.15) is 37.5 Å². The first-order chi connectivity index (χ1) is 15.9. The zero-order valence-electron chi connectivity index (χ0n) is 19.4. The molecular weight excluding hydrogens is 420 g/mol. The van der Waals surface area contributed by atoms with Crippen molar-refractivity contribution in [3.05, 3.63) is 76.6 Å². The summed E-state index contributed by atoms with van der Waals surface area (Å²) in [5.74, 6) is 1.96. The summed E-state index contributed by atoms with van der Waals surface area (Å²) in [6, 6.07) is 12.6. The molecule has 2 aromatic carbocycles. The summed E-state index contributed by atoms with van der Waals surface area (Å²) in [6.45, 7) is 1.72. The van der Waals surface area contributed by atoms with Crippen molar-refractivity contribution < 1.29 is 23.8 Å². The van der Waals surface area contributed by atoms with Gasteiger partial charge in [-0.15, -0.1) is 0 Å². The number of nitrogens with zero attached hydrogens (tertiary/aromatic N) is 2. The highest BCUT2D eigenvalue weighted by atomic mass is 16.5. The maximum atomic E-state index is 13.0. The number of methoxy groups -OCH3 is 3. The molecule has 0 saturated heterocycles. The second-order valence-electron chi connectivity index (χ2n) is 8.14. The predicted molar refractivity (Wildman–Crippen MR) is 125 cm³/mol. The third-order valence-electron chi connectivity index (χ3n) is 6.08. The van der Waals surface area contributed by atoms with E-state index in [0.717, 1.165) is 24.3 Å². The lowest BCUT2D eigenvalue weighted by Gasteiger charge is -2.28. The average Bonchev–Trinajstić information content (AvgIpc) is 3.24. The van der Waals surface area contributed by atoms with Gasteiger partial charge in [-0.1, -0.05) is 0 Å². The molecule has 0 bridgehead atoms. The van der Waals surface area contributed by atoms with E-state index in [-0.39, 0.29) is 18.1 Å². The van der Waals surface area contributed by atoms with Crippen molar-refractivity contribution >= 4 is 11.6 Å². The molecule has 0 N–H and O–H groups in total. The zero-order chi connectivity index (χ0) is 23.5. The second kappa shape index (κ2) is 9.50. The minimum atomic E-state index is -0.132. The first kappa shape index (κ1) is 22.6. The van der Waals surface area contributed by atoms with Gasteiger partial charge in [0, 0.05) is 37.5 Å². The number of rotatable bonds is 8. The lowest BCUT2D eigenvalue weighted by atomic mass is 9.98. The average molecular weight is 449 g/mol. The van der Waals surface area contributed by atoms with Crippen molar-refractivity contribution in [3.8, 4) is 17.2 Å². The lowest BCUT2D eigenvalue weighted by Crippen LogP contribution is -2.34. The van der Waals surface area contributed by atoms with Crippen LogP contribution in [0.15, 0.2) is 48.7 Å². The van der Waals surface area contributed by atoms with Crippen LogP contribution in [0.4, 0.5) is 0 Å². The van der Waals surface area contributed by atoms with Crippen LogP contribution in [-0.2, 0) is 20.0 Å². The van der Waals surface area contributed by atoms with Crippen molar-refractivity contribution in [2.75, 3.05) is 34.4 Å². The molecule has 172 valence electrons. The maximum absolute atomic E-state index is 13.0. The van der Waals surface area contributed by atoms with Crippen molar-refractivity contribution in [3.63, 3.8) is 0 Å². The van der Waals surface area contributed by atoms with Crippen molar-refractivity contribution in [2.45, 2.75) is 13.0 Å². The number of aryl methyl sites for hydroxylation is 1. The first-order valence-corrected chi connectivity index (χ1v) is 10.8. The Balaban J connectivity index is 1.47. The molecule has 2 heterocycles. The molecule has 1 aromatic heterocycles. The normalized spacial score (nSPS) is 13.3. The fourth-order valence-electron chi connectivity index (χ4n) is 4.20. The van der Waals surface area contributed by atoms with Gasteiger partial charge in [-0.3, -0.25) is 14.5 Å². The van der Waals surface area contributed by atoms with Crippen LogP contribution in [0.5, 0.6) is 17.2 Å². The molecule has 1 aliphatic heterocycles. The molecule has 7 nitrogen and oxygen atoms in total. The Bertz CT molecular complexity index is 1180. The highest BCUT2D eigenvalue weighted by Gasteiger charge is 2.23. The monoisotopic (exact) mass is 448 g/mol. The van der Waals surface area contributed by atoms with Crippen molar-refractivity contribution in [1.82, 2.24) is 9.47 Å². The molecule has 0 fully saturated rings. The summed E-state index contributed by atoms with van der Waals surface area (Å²) in [5, 5.41) is 0. The van der Waals surface area contributed by atoms with Gasteiger partial charge in [0.15, 0.2) is 17.3 Å². The van der Waals surface area contributed by atoms with Gasteiger partial charge in [-0.2, -0.15) is 0 Å². The molecule has 3 aromatic rings. The Labute approximate surface area is 193 Å². The largest absolute Gasteiger partial charge is 0.497 e. The Morgan fingerprint density at radius 1 is 0.879 bits per heavy atom. The van der Waals surface area contributed by atoms with Gasteiger partial charge in [-0.05, 0) is 60.0 Å². The summed E-state index contributed by atoms with van der Waals surface area (Å²) in [6.07, 6.45) is 2.56. The van der Waals surface area contributed by atoms with Gasteiger partial charge in [0.05, 0.1) is 33.6 Å². The highest BCUT2D eigenvalue weighted by Crippen LogP contribution is 2.33. The molecule has 1 aliphatic rings. The minimum absolute atomic E-state index is 0.0108. The Kier molecular flexibility index (Phi) is 6.51. The van der Waals surface area contributed by atoms with Crippen LogP contribution in [-0.4, -0.2) is 55.5 Å². The fraction of sp³-hybridized carbons (Fsp3) is 0.308. The van der Waals surface area contributed by atoms with E-state index in [9.17, 15) is 9.59 Å². The van der Waals surface area contributed by atoms with E-state index in [2.05, 4.69) is 4.90 Å². The molecule has 0 spiro atoms. The van der Waals surface area contributed by atoms with E-state index in [4.69, 9.17) is 14.2 Å². The number of carbonyl (C=O) groups excluding carboxylic acids is 2. The maximum Gasteiger partial charge on any atom is 0.209 e. The number of ether oxygens (including phenoxy) is 3. The third kappa shape index (κ3) is 4.64. The molecule has 33 heavy (non-hydrogen) atoms. The Morgan fingerprint density at radius 3 is 2.18 bits per heavy atom. The summed E-state index contributed by atoms with van der Waals surface area (Å²) in [4.78, 5) is 28.1. The Hall–Kier alpha value is -3.58. The number of fused-ring (bicyclic) bond motifs is 1. The molecule has 0 saturated carbocycles. The summed E-state index contributed by atoms with van der Waals surface area (Å²) in [7, 11) is 6.62. The van der Waals surface area contributed by atoms with E-state index in [1.54, 1.807) is 69.5 Å². The van der Waals surface area contributed by atoms with Gasteiger partial charge in [0.1, 0.15) is 5.75 Å². The molecule has 0 unspecified atom stereocenters. The first-order valence-electron chi connectivity index (χ1n) is 10.8. The zero-order valence-corrected chi connectivity index (χ0v) is 19.4. The highest BCUT2D eigenvalue weighted by molar-refractivity contribution is 6.10. The van der Waals surface area contributed by atoms with Crippen LogP contribution < -0.4 is 14.2 Å². The molecule has 0 amide bonds. The SMILES string of the molecule is COc1ccc(C(=O)c2cc(C(=O)CN3CCc4cc(OC)c(OC)cc4C3)cn2C)cc1. The van der Waals surface area contributed by atoms with Crippen molar-refractivity contribution in [2.24, 2.45) is 7.05 Å². The van der Waals surface area contributed by atoms with Crippen LogP contribution in [0, 0.1) is 0 Å².